The fourth-order valence-electron chi connectivity index (χ4n) is 5.64. The molecule has 2 unspecified atom stereocenters. The van der Waals surface area contributed by atoms with Crippen LogP contribution in [0, 0.1) is 0 Å². The molecule has 284 valence electrons. The van der Waals surface area contributed by atoms with E-state index < -0.39 is 23.1 Å². The van der Waals surface area contributed by atoms with Crippen molar-refractivity contribution in [1.82, 2.24) is 0 Å². The van der Waals surface area contributed by atoms with Crippen molar-refractivity contribution in [3.8, 4) is 0 Å². The number of rotatable bonds is 34. The summed E-state index contributed by atoms with van der Waals surface area (Å²) in [5.74, 6) is -2.73. The first kappa shape index (κ1) is 52.3. The second-order valence-corrected chi connectivity index (χ2v) is 14.5. The molecule has 0 fully saturated rings. The largest absolute Gasteiger partial charge is 2.00 e. The zero-order valence-electron chi connectivity index (χ0n) is 32.8. The van der Waals surface area contributed by atoms with Crippen molar-refractivity contribution in [1.29, 1.82) is 0 Å². The Kier molecular flexibility index (Phi) is 40.8. The van der Waals surface area contributed by atoms with Gasteiger partial charge in [-0.25, -0.2) is 0 Å². The van der Waals surface area contributed by atoms with E-state index in [2.05, 4.69) is 38.2 Å². The molecule has 0 aromatic carbocycles. The number of unbranched alkanes of at least 4 members (excludes halogenated alkanes) is 24. The summed E-state index contributed by atoms with van der Waals surface area (Å²) in [6.45, 7) is 7.15. The number of hydrogen-bond acceptors (Lipinski definition) is 6. The summed E-state index contributed by atoms with van der Waals surface area (Å²) in [6.07, 6.45) is 44.1. The topological polar surface area (TPSA) is 121 Å². The van der Waals surface area contributed by atoms with Crippen LogP contribution in [0.5, 0.6) is 0 Å². The van der Waals surface area contributed by atoms with E-state index in [1.54, 1.807) is 0 Å². The number of hydrogen-bond donors (Lipinski definition) is 2. The smallest absolute Gasteiger partial charge is 0.547 e. The van der Waals surface area contributed by atoms with E-state index in [0.29, 0.717) is 0 Å². The third kappa shape index (κ3) is 39.6. The molecule has 0 aliphatic carbocycles. The van der Waals surface area contributed by atoms with Crippen LogP contribution in [0.1, 0.15) is 220 Å². The number of carboxylic acid groups (broad SMARTS) is 2. The molecule has 6 nitrogen and oxygen atoms in total. The van der Waals surface area contributed by atoms with Gasteiger partial charge in [-0.2, -0.15) is 0 Å². The molecule has 0 aromatic rings. The molecular formula is C42H78O6Zn. The number of carbonyl (C=O) groups is 2. The first-order valence-electron chi connectivity index (χ1n) is 20.2. The van der Waals surface area contributed by atoms with Crippen molar-refractivity contribution >= 4 is 11.9 Å². The van der Waals surface area contributed by atoms with Gasteiger partial charge in [0.25, 0.3) is 0 Å². The minimum atomic E-state index is -1.67. The average molecular weight is 744 g/mol. The Bertz CT molecular complexity index is 713. The second-order valence-electron chi connectivity index (χ2n) is 14.5. The van der Waals surface area contributed by atoms with Crippen molar-refractivity contribution in [3.63, 3.8) is 0 Å². The van der Waals surface area contributed by atoms with Crippen LogP contribution in [0.25, 0.3) is 0 Å². The maximum absolute atomic E-state index is 10.6. The SMILES string of the molecule is CCCCCCCC/C=C\CCCCCCCCC(C)(O)C(=O)[O-].CCCCCCCC/C=C\CCCCCCCCC(C)(O)C(=O)[O-].[Zn+2]. The zero-order valence-corrected chi connectivity index (χ0v) is 35.7. The number of allylic oxidation sites excluding steroid dienone is 4. The van der Waals surface area contributed by atoms with Crippen molar-refractivity contribution in [2.75, 3.05) is 0 Å². The molecule has 0 aliphatic rings. The van der Waals surface area contributed by atoms with Gasteiger partial charge in [-0.3, -0.25) is 0 Å². The van der Waals surface area contributed by atoms with Gasteiger partial charge < -0.3 is 30.0 Å². The van der Waals surface area contributed by atoms with Crippen molar-refractivity contribution in [2.24, 2.45) is 0 Å². The maximum Gasteiger partial charge on any atom is 2.00 e. The molecule has 0 saturated carbocycles. The number of carbonyl (C=O) groups excluding carboxylic acids is 2. The molecule has 0 radical (unpaired) electrons. The molecule has 0 spiro atoms. The molecule has 49 heavy (non-hydrogen) atoms. The van der Waals surface area contributed by atoms with E-state index in [9.17, 15) is 30.0 Å². The second kappa shape index (κ2) is 38.2. The Morgan fingerprint density at radius 1 is 0.429 bits per heavy atom. The van der Waals surface area contributed by atoms with Crippen LogP contribution in [-0.4, -0.2) is 33.4 Å². The molecule has 0 heterocycles. The Morgan fingerprint density at radius 3 is 0.857 bits per heavy atom. The minimum absolute atomic E-state index is 0. The first-order valence-corrected chi connectivity index (χ1v) is 20.2. The van der Waals surface area contributed by atoms with Gasteiger partial charge >= 0.3 is 19.5 Å². The summed E-state index contributed by atoms with van der Waals surface area (Å²) in [6, 6.07) is 0. The Morgan fingerprint density at radius 2 is 0.633 bits per heavy atom. The minimum Gasteiger partial charge on any atom is -0.547 e. The van der Waals surface area contributed by atoms with Crippen molar-refractivity contribution in [3.05, 3.63) is 24.3 Å². The predicted octanol–water partition coefficient (Wildman–Crippen LogP) is 9.83. The quantitative estimate of drug-likeness (QED) is 0.0385. The molecule has 7 heteroatoms. The summed E-state index contributed by atoms with van der Waals surface area (Å²) in [7, 11) is 0. The van der Waals surface area contributed by atoms with Gasteiger partial charge in [0.05, 0.1) is 11.9 Å². The molecule has 0 aromatic heterocycles. The number of aliphatic carboxylic acids is 2. The number of aliphatic hydroxyl groups is 2. The Hall–Kier alpha value is -1.04. The van der Waals surface area contributed by atoms with Crippen LogP contribution in [0.3, 0.4) is 0 Å². The average Bonchev–Trinajstić information content (AvgIpc) is 3.04. The monoisotopic (exact) mass is 743 g/mol. The van der Waals surface area contributed by atoms with Gasteiger partial charge in [-0.1, -0.05) is 167 Å². The van der Waals surface area contributed by atoms with E-state index in [-0.39, 0.29) is 32.3 Å². The van der Waals surface area contributed by atoms with E-state index in [1.807, 2.05) is 0 Å². The van der Waals surface area contributed by atoms with Gasteiger partial charge in [0.2, 0.25) is 0 Å². The van der Waals surface area contributed by atoms with E-state index in [4.69, 9.17) is 0 Å². The molecule has 0 aliphatic heterocycles. The normalized spacial score (nSPS) is 13.8. The summed E-state index contributed by atoms with van der Waals surface area (Å²) in [5, 5.41) is 40.4. The molecule has 0 rings (SSSR count). The van der Waals surface area contributed by atoms with Crippen molar-refractivity contribution in [2.45, 2.75) is 232 Å². The van der Waals surface area contributed by atoms with Gasteiger partial charge in [0.1, 0.15) is 11.2 Å². The molecule has 2 atom stereocenters. The third-order valence-electron chi connectivity index (χ3n) is 9.23. The summed E-state index contributed by atoms with van der Waals surface area (Å²) in [4.78, 5) is 21.3. The fourth-order valence-corrected chi connectivity index (χ4v) is 5.64. The molecule has 0 saturated heterocycles. The van der Waals surface area contributed by atoms with Gasteiger partial charge in [-0.05, 0) is 78.1 Å². The van der Waals surface area contributed by atoms with Crippen LogP contribution in [0.4, 0.5) is 0 Å². The van der Waals surface area contributed by atoms with Crippen LogP contribution in [-0.2, 0) is 29.1 Å². The number of carboxylic acids is 2. The summed E-state index contributed by atoms with van der Waals surface area (Å²) >= 11 is 0. The third-order valence-corrected chi connectivity index (χ3v) is 9.23. The van der Waals surface area contributed by atoms with Gasteiger partial charge in [0.15, 0.2) is 0 Å². The summed E-state index contributed by atoms with van der Waals surface area (Å²) < 4.78 is 0. The van der Waals surface area contributed by atoms with Crippen LogP contribution in [0.2, 0.25) is 0 Å². The van der Waals surface area contributed by atoms with E-state index in [0.717, 1.165) is 38.5 Å². The van der Waals surface area contributed by atoms with Gasteiger partial charge in [0, 0.05) is 0 Å². The Balaban J connectivity index is -0.000000846. The van der Waals surface area contributed by atoms with Crippen molar-refractivity contribution < 1.29 is 49.5 Å². The molecule has 0 amide bonds. The maximum atomic E-state index is 10.6. The zero-order chi connectivity index (χ0) is 36.2. The van der Waals surface area contributed by atoms with Gasteiger partial charge in [-0.15, -0.1) is 0 Å². The fraction of sp³-hybridized carbons (Fsp3) is 0.857. The standard InChI is InChI=1S/2C21H40O3.Zn/c2*1-3-4-5-6-7-8-9-10-11-12-13-14-15-16-17-18-19-21(2,24)20(22)23;/h2*10-11,24H,3-9,12-19H2,1-2H3,(H,22,23);/q;;+2/p-2/b2*11-10-;. The van der Waals surface area contributed by atoms with Crippen LogP contribution in [0.15, 0.2) is 24.3 Å². The first-order chi connectivity index (χ1) is 23.0. The Labute approximate surface area is 316 Å². The molecular weight excluding hydrogens is 666 g/mol. The van der Waals surface area contributed by atoms with E-state index in [1.165, 1.54) is 155 Å². The predicted molar refractivity (Wildman–Crippen MR) is 199 cm³/mol. The molecule has 0 bridgehead atoms. The van der Waals surface area contributed by atoms with Crippen LogP contribution >= 0.6 is 0 Å². The summed E-state index contributed by atoms with van der Waals surface area (Å²) in [5.41, 5.74) is -3.33. The molecule has 2 N–H and O–H groups in total. The van der Waals surface area contributed by atoms with E-state index >= 15 is 0 Å². The van der Waals surface area contributed by atoms with Crippen LogP contribution < -0.4 is 10.2 Å².